The van der Waals surface area contributed by atoms with Gasteiger partial charge in [0.05, 0.1) is 10.2 Å². The van der Waals surface area contributed by atoms with Crippen molar-refractivity contribution in [1.82, 2.24) is 4.98 Å². The Morgan fingerprint density at radius 2 is 2.00 bits per heavy atom. The van der Waals surface area contributed by atoms with Gasteiger partial charge in [-0.25, -0.2) is 4.98 Å². The maximum atomic E-state index is 12.6. The third kappa shape index (κ3) is 6.82. The Bertz CT molecular complexity index is 1030. The maximum Gasteiger partial charge on any atom is 0.257 e. The molecular weight excluding hydrogens is 428 g/mol. The van der Waals surface area contributed by atoms with Crippen molar-refractivity contribution in [2.24, 2.45) is 0 Å². The molecule has 0 unspecified atom stereocenters. The Labute approximate surface area is 191 Å². The summed E-state index contributed by atoms with van der Waals surface area (Å²) < 4.78 is 11.7. The average molecular weight is 457 g/mol. The molecule has 0 radical (unpaired) electrons. The van der Waals surface area contributed by atoms with Crippen LogP contribution in [-0.2, 0) is 11.2 Å². The fraction of sp³-hybridized carbons (Fsp3) is 0.333. The molecule has 0 aliphatic heterocycles. The summed E-state index contributed by atoms with van der Waals surface area (Å²) in [6.07, 6.45) is 4.19. The van der Waals surface area contributed by atoms with E-state index in [0.717, 1.165) is 34.6 Å². The molecule has 7 heteroatoms. The summed E-state index contributed by atoms with van der Waals surface area (Å²) in [5, 5.41) is 3.48. The molecule has 0 saturated heterocycles. The van der Waals surface area contributed by atoms with Gasteiger partial charge in [-0.15, -0.1) is 11.8 Å². The molecule has 0 atom stereocenters. The highest BCUT2D eigenvalue weighted by Gasteiger charge is 2.11. The summed E-state index contributed by atoms with van der Waals surface area (Å²) in [6.45, 7) is 7.00. The fourth-order valence-corrected chi connectivity index (χ4v) is 4.66. The van der Waals surface area contributed by atoms with E-state index in [0.29, 0.717) is 17.3 Å². The third-order valence-electron chi connectivity index (χ3n) is 4.62. The molecule has 1 heterocycles. The van der Waals surface area contributed by atoms with Crippen LogP contribution in [0.5, 0.6) is 5.75 Å². The number of aryl methyl sites for hydroxylation is 1. The number of benzene rings is 2. The van der Waals surface area contributed by atoms with Crippen LogP contribution in [0.25, 0.3) is 10.2 Å². The zero-order valence-electron chi connectivity index (χ0n) is 18.1. The lowest BCUT2D eigenvalue weighted by Gasteiger charge is -2.06. The van der Waals surface area contributed by atoms with Gasteiger partial charge >= 0.3 is 0 Å². The molecular formula is C24H28N2O3S2. The number of aromatic nitrogens is 1. The van der Waals surface area contributed by atoms with Gasteiger partial charge in [-0.3, -0.25) is 10.1 Å². The van der Waals surface area contributed by atoms with Gasteiger partial charge in [-0.05, 0) is 73.2 Å². The fourth-order valence-electron chi connectivity index (χ4n) is 2.99. The Balaban J connectivity index is 1.59. The number of hydrogen-bond acceptors (Lipinski definition) is 6. The van der Waals surface area contributed by atoms with Crippen LogP contribution >= 0.6 is 23.1 Å². The second-order valence-corrected chi connectivity index (χ2v) is 9.16. The maximum absolute atomic E-state index is 12.6. The molecule has 2 aromatic carbocycles. The van der Waals surface area contributed by atoms with Gasteiger partial charge in [0.25, 0.3) is 5.91 Å². The predicted molar refractivity (Wildman–Crippen MR) is 131 cm³/mol. The van der Waals surface area contributed by atoms with Crippen molar-refractivity contribution in [3.05, 3.63) is 64.6 Å². The number of anilines is 1. The van der Waals surface area contributed by atoms with E-state index in [2.05, 4.69) is 30.2 Å². The van der Waals surface area contributed by atoms with Crippen LogP contribution in [0, 0.1) is 0 Å². The topological polar surface area (TPSA) is 60.5 Å². The van der Waals surface area contributed by atoms with Crippen LogP contribution in [0.3, 0.4) is 0 Å². The number of thioether (sulfide) groups is 1. The van der Waals surface area contributed by atoms with Crippen LogP contribution in [0.15, 0.2) is 53.4 Å². The van der Waals surface area contributed by atoms with Crippen molar-refractivity contribution in [1.29, 1.82) is 0 Å². The highest BCUT2D eigenvalue weighted by atomic mass is 32.2. The van der Waals surface area contributed by atoms with E-state index in [1.807, 2.05) is 61.2 Å². The van der Waals surface area contributed by atoms with E-state index in [-0.39, 0.29) is 12.7 Å². The first kappa shape index (κ1) is 23.3. The van der Waals surface area contributed by atoms with Crippen molar-refractivity contribution in [2.75, 3.05) is 24.5 Å². The normalized spacial score (nSPS) is 11.6. The summed E-state index contributed by atoms with van der Waals surface area (Å²) in [6, 6.07) is 13.4. The minimum atomic E-state index is -0.158. The lowest BCUT2D eigenvalue weighted by Crippen LogP contribution is -2.11. The molecule has 0 saturated carbocycles. The number of thiazole rings is 1. The quantitative estimate of drug-likeness (QED) is 0.263. The smallest absolute Gasteiger partial charge is 0.257 e. The van der Waals surface area contributed by atoms with Crippen LogP contribution in [0.1, 0.15) is 43.1 Å². The van der Waals surface area contributed by atoms with Crippen LogP contribution in [0.2, 0.25) is 0 Å². The number of rotatable bonds is 11. The molecule has 0 fully saturated rings. The van der Waals surface area contributed by atoms with Gasteiger partial charge in [-0.2, -0.15) is 0 Å². The van der Waals surface area contributed by atoms with Crippen molar-refractivity contribution >= 4 is 44.4 Å². The summed E-state index contributed by atoms with van der Waals surface area (Å²) in [5.74, 6) is 1.65. The van der Waals surface area contributed by atoms with Crippen molar-refractivity contribution < 1.29 is 14.3 Å². The number of fused-ring (bicyclic) bond motifs is 1. The van der Waals surface area contributed by atoms with Gasteiger partial charge in [0.2, 0.25) is 0 Å². The molecule has 31 heavy (non-hydrogen) atoms. The number of nitrogens with one attached hydrogen (secondary N) is 1. The zero-order chi connectivity index (χ0) is 22.1. The number of carbonyl (C=O) groups is 1. The van der Waals surface area contributed by atoms with E-state index >= 15 is 0 Å². The second kappa shape index (κ2) is 11.9. The Morgan fingerprint density at radius 3 is 2.71 bits per heavy atom. The number of allylic oxidation sites excluding steroid dienone is 2. The van der Waals surface area contributed by atoms with E-state index in [1.54, 1.807) is 0 Å². The molecule has 1 amide bonds. The summed E-state index contributed by atoms with van der Waals surface area (Å²) in [5.41, 5.74) is 2.68. The van der Waals surface area contributed by atoms with Crippen LogP contribution in [0.4, 0.5) is 5.13 Å². The highest BCUT2D eigenvalue weighted by Crippen LogP contribution is 2.29. The number of amides is 1. The number of hydrogen-bond donors (Lipinski definition) is 1. The van der Waals surface area contributed by atoms with Gasteiger partial charge in [0.1, 0.15) is 5.75 Å². The van der Waals surface area contributed by atoms with Crippen molar-refractivity contribution in [3.8, 4) is 5.75 Å². The van der Waals surface area contributed by atoms with Crippen LogP contribution < -0.4 is 10.1 Å². The summed E-state index contributed by atoms with van der Waals surface area (Å²) in [7, 11) is 0. The third-order valence-corrected chi connectivity index (χ3v) is 6.65. The monoisotopic (exact) mass is 456 g/mol. The molecule has 1 aromatic heterocycles. The Hall–Kier alpha value is -2.35. The van der Waals surface area contributed by atoms with Crippen molar-refractivity contribution in [2.45, 2.75) is 33.6 Å². The Morgan fingerprint density at radius 1 is 1.19 bits per heavy atom. The van der Waals surface area contributed by atoms with Gasteiger partial charge in [-0.1, -0.05) is 36.5 Å². The number of carbonyl (C=O) groups excluding carboxylic acids is 1. The highest BCUT2D eigenvalue weighted by molar-refractivity contribution is 8.03. The largest absolute Gasteiger partial charge is 0.468 e. The van der Waals surface area contributed by atoms with E-state index in [4.69, 9.17) is 9.47 Å². The minimum absolute atomic E-state index is 0.158. The first-order valence-corrected chi connectivity index (χ1v) is 12.2. The van der Waals surface area contributed by atoms with Gasteiger partial charge in [0, 0.05) is 12.2 Å². The van der Waals surface area contributed by atoms with E-state index < -0.39 is 0 Å². The van der Waals surface area contributed by atoms with Crippen molar-refractivity contribution in [3.63, 3.8) is 0 Å². The SMILES string of the molecule is CC=C(CCc1ccc(C(=O)Nc2nc3ccc(OCOCC)cc3s2)cc1)SCC. The van der Waals surface area contributed by atoms with E-state index in [1.165, 1.54) is 21.8 Å². The van der Waals surface area contributed by atoms with Gasteiger partial charge < -0.3 is 9.47 Å². The lowest BCUT2D eigenvalue weighted by molar-refractivity contribution is 0.0225. The van der Waals surface area contributed by atoms with Gasteiger partial charge in [0.15, 0.2) is 11.9 Å². The molecule has 0 spiro atoms. The average Bonchev–Trinajstić information content (AvgIpc) is 3.18. The molecule has 3 aromatic rings. The molecule has 0 aliphatic rings. The standard InChI is InChI=1S/C24H28N2O3S2/c1-4-20(30-6-3)13-9-17-7-10-18(11-8-17)23(27)26-24-25-21-14-12-19(15-22(21)31-24)29-16-28-5-2/h4,7-8,10-12,14-15H,5-6,9,13,16H2,1-3H3,(H,25,26,27). The van der Waals surface area contributed by atoms with Crippen LogP contribution in [-0.4, -0.2) is 30.0 Å². The first-order valence-electron chi connectivity index (χ1n) is 10.4. The second-order valence-electron chi connectivity index (χ2n) is 6.74. The minimum Gasteiger partial charge on any atom is -0.468 e. The molecule has 5 nitrogen and oxygen atoms in total. The molecule has 0 bridgehead atoms. The number of ether oxygens (including phenoxy) is 2. The Kier molecular flexibility index (Phi) is 8.94. The summed E-state index contributed by atoms with van der Waals surface area (Å²) >= 11 is 3.31. The zero-order valence-corrected chi connectivity index (χ0v) is 19.8. The molecule has 3 rings (SSSR count). The summed E-state index contributed by atoms with van der Waals surface area (Å²) in [4.78, 5) is 18.6. The van der Waals surface area contributed by atoms with E-state index in [9.17, 15) is 4.79 Å². The molecule has 0 aliphatic carbocycles. The lowest BCUT2D eigenvalue weighted by atomic mass is 10.1. The molecule has 164 valence electrons. The molecule has 1 N–H and O–H groups in total. The number of nitrogens with zero attached hydrogens (tertiary/aromatic N) is 1. The predicted octanol–water partition coefficient (Wildman–Crippen LogP) is 6.51. The first-order chi connectivity index (χ1) is 15.1.